The topological polar surface area (TPSA) is 38.1 Å². The molecule has 2 heterocycles. The van der Waals surface area contributed by atoms with Gasteiger partial charge in [0.05, 0.1) is 32.7 Å². The molecule has 4 nitrogen and oxygen atoms in total. The van der Waals surface area contributed by atoms with Crippen LogP contribution in [0, 0.1) is 6.92 Å². The molecule has 132 valence electrons. The van der Waals surface area contributed by atoms with E-state index in [-0.39, 0.29) is 5.91 Å². The maximum absolute atomic E-state index is 13.2. The van der Waals surface area contributed by atoms with Crippen LogP contribution in [0.4, 0.5) is 0 Å². The fourth-order valence-electron chi connectivity index (χ4n) is 3.55. The Morgan fingerprint density at radius 2 is 1.84 bits per heavy atom. The van der Waals surface area contributed by atoms with Gasteiger partial charge in [0.25, 0.3) is 5.91 Å². The first kappa shape index (κ1) is 16.9. The van der Waals surface area contributed by atoms with Crippen LogP contribution in [0.2, 0.25) is 10.0 Å². The second kappa shape index (κ2) is 6.65. The summed E-state index contributed by atoms with van der Waals surface area (Å²) in [6.45, 7) is 3.67. The second-order valence-corrected chi connectivity index (χ2v) is 7.80. The van der Waals surface area contributed by atoms with E-state index in [1.807, 2.05) is 22.6 Å². The van der Waals surface area contributed by atoms with Gasteiger partial charge in [0.2, 0.25) is 0 Å². The van der Waals surface area contributed by atoms with Gasteiger partial charge >= 0.3 is 0 Å². The summed E-state index contributed by atoms with van der Waals surface area (Å²) in [4.78, 5) is 15.1. The molecule has 6 heteroatoms. The van der Waals surface area contributed by atoms with Gasteiger partial charge in [-0.15, -0.1) is 0 Å². The molecule has 0 atom stereocenters. The molecule has 1 aromatic heterocycles. The van der Waals surface area contributed by atoms with Crippen molar-refractivity contribution >= 4 is 29.1 Å². The van der Waals surface area contributed by atoms with Crippen molar-refractivity contribution < 1.29 is 4.79 Å². The molecule has 0 radical (unpaired) electrons. The first-order valence-corrected chi connectivity index (χ1v) is 9.66. The summed E-state index contributed by atoms with van der Waals surface area (Å²) in [5.74, 6) is 0.539. The molecule has 0 bridgehead atoms. The van der Waals surface area contributed by atoms with Crippen LogP contribution in [0.25, 0.3) is 5.69 Å². The molecule has 25 heavy (non-hydrogen) atoms. The van der Waals surface area contributed by atoms with Gasteiger partial charge in [0.15, 0.2) is 0 Å². The smallest absolute Gasteiger partial charge is 0.257 e. The molecule has 4 rings (SSSR count). The van der Waals surface area contributed by atoms with Crippen molar-refractivity contribution in [3.63, 3.8) is 0 Å². The van der Waals surface area contributed by atoms with Crippen LogP contribution in [0.3, 0.4) is 0 Å². The number of rotatable bonds is 3. The Morgan fingerprint density at radius 3 is 2.48 bits per heavy atom. The number of hydrogen-bond donors (Lipinski definition) is 0. The van der Waals surface area contributed by atoms with Crippen LogP contribution in [0.15, 0.2) is 18.2 Å². The van der Waals surface area contributed by atoms with Gasteiger partial charge in [-0.25, -0.2) is 4.68 Å². The molecule has 2 aliphatic rings. The van der Waals surface area contributed by atoms with E-state index < -0.39 is 0 Å². The van der Waals surface area contributed by atoms with Crippen molar-refractivity contribution in [2.45, 2.75) is 44.9 Å². The quantitative estimate of drug-likeness (QED) is 0.755. The van der Waals surface area contributed by atoms with Gasteiger partial charge in [-0.3, -0.25) is 4.79 Å². The first-order chi connectivity index (χ1) is 12.1. The summed E-state index contributed by atoms with van der Waals surface area (Å²) in [7, 11) is 0. The highest BCUT2D eigenvalue weighted by Crippen LogP contribution is 2.42. The molecular formula is C19H21Cl2N3O. The highest BCUT2D eigenvalue weighted by atomic mass is 35.5. The largest absolute Gasteiger partial charge is 0.339 e. The number of hydrogen-bond acceptors (Lipinski definition) is 2. The molecular weight excluding hydrogens is 357 g/mol. The van der Waals surface area contributed by atoms with Crippen molar-refractivity contribution in [2.75, 3.05) is 13.1 Å². The summed E-state index contributed by atoms with van der Waals surface area (Å²) in [6, 6.07) is 5.46. The monoisotopic (exact) mass is 377 g/mol. The first-order valence-electron chi connectivity index (χ1n) is 8.90. The number of carbonyl (C=O) groups excluding carboxylic acids is 1. The fraction of sp³-hybridized carbons (Fsp3) is 0.474. The summed E-state index contributed by atoms with van der Waals surface area (Å²) in [6.07, 6.45) is 5.60. The highest BCUT2D eigenvalue weighted by Gasteiger charge is 2.35. The molecule has 1 aliphatic heterocycles. The highest BCUT2D eigenvalue weighted by molar-refractivity contribution is 6.42. The van der Waals surface area contributed by atoms with Crippen LogP contribution >= 0.6 is 23.2 Å². The molecule has 0 spiro atoms. The van der Waals surface area contributed by atoms with E-state index in [0.717, 1.165) is 61.4 Å². The minimum atomic E-state index is 0.130. The lowest BCUT2D eigenvalue weighted by Crippen LogP contribution is -2.36. The maximum atomic E-state index is 13.2. The summed E-state index contributed by atoms with van der Waals surface area (Å²) < 4.78 is 1.84. The van der Waals surface area contributed by atoms with Gasteiger partial charge in [0.1, 0.15) is 0 Å². The maximum Gasteiger partial charge on any atom is 0.257 e. The number of aromatic nitrogens is 2. The molecule has 1 saturated carbocycles. The van der Waals surface area contributed by atoms with E-state index in [2.05, 4.69) is 0 Å². The Balaban J connectivity index is 1.77. The number of halogens is 2. The third-order valence-electron chi connectivity index (χ3n) is 5.11. The van der Waals surface area contributed by atoms with E-state index in [0.29, 0.717) is 16.0 Å². The SMILES string of the molecule is Cc1c(C(=O)N2CCCCC2)c(C2CC2)nn1-c1ccc(Cl)c(Cl)c1. The van der Waals surface area contributed by atoms with Crippen molar-refractivity contribution in [3.05, 3.63) is 45.2 Å². The van der Waals surface area contributed by atoms with Crippen molar-refractivity contribution in [3.8, 4) is 5.69 Å². The average Bonchev–Trinajstić information content (AvgIpc) is 3.41. The number of likely N-dealkylation sites (tertiary alicyclic amines) is 1. The van der Waals surface area contributed by atoms with Crippen LogP contribution in [-0.2, 0) is 0 Å². The lowest BCUT2D eigenvalue weighted by molar-refractivity contribution is 0.0722. The van der Waals surface area contributed by atoms with Crippen molar-refractivity contribution in [1.82, 2.24) is 14.7 Å². The normalized spacial score (nSPS) is 17.8. The Hall–Kier alpha value is -1.52. The third-order valence-corrected chi connectivity index (χ3v) is 5.85. The number of amides is 1. The van der Waals surface area contributed by atoms with Crippen molar-refractivity contribution in [2.24, 2.45) is 0 Å². The van der Waals surface area contributed by atoms with Gasteiger partial charge < -0.3 is 4.90 Å². The average molecular weight is 378 g/mol. The minimum absolute atomic E-state index is 0.130. The summed E-state index contributed by atoms with van der Waals surface area (Å²) in [5, 5.41) is 5.80. The molecule has 1 amide bonds. The van der Waals surface area contributed by atoms with Crippen LogP contribution in [0.5, 0.6) is 0 Å². The number of benzene rings is 1. The fourth-order valence-corrected chi connectivity index (χ4v) is 3.85. The minimum Gasteiger partial charge on any atom is -0.339 e. The van der Waals surface area contributed by atoms with E-state index >= 15 is 0 Å². The van der Waals surface area contributed by atoms with Crippen LogP contribution in [0.1, 0.15) is 59.8 Å². The molecule has 0 unspecified atom stereocenters. The van der Waals surface area contributed by atoms with Gasteiger partial charge in [-0.2, -0.15) is 5.10 Å². The Kier molecular flexibility index (Phi) is 4.50. The van der Waals surface area contributed by atoms with Gasteiger partial charge in [-0.05, 0) is 57.2 Å². The third kappa shape index (κ3) is 3.18. The zero-order valence-corrected chi connectivity index (χ0v) is 15.8. The molecule has 2 aromatic rings. The van der Waals surface area contributed by atoms with Gasteiger partial charge in [-0.1, -0.05) is 23.2 Å². The lowest BCUT2D eigenvalue weighted by atomic mass is 10.1. The number of nitrogens with zero attached hydrogens (tertiary/aromatic N) is 3. The van der Waals surface area contributed by atoms with E-state index in [1.54, 1.807) is 12.1 Å². The molecule has 1 aromatic carbocycles. The van der Waals surface area contributed by atoms with Crippen molar-refractivity contribution in [1.29, 1.82) is 0 Å². The molecule has 1 saturated heterocycles. The number of carbonyl (C=O) groups is 1. The zero-order chi connectivity index (χ0) is 17.6. The lowest BCUT2D eigenvalue weighted by Gasteiger charge is -2.27. The van der Waals surface area contributed by atoms with E-state index in [4.69, 9.17) is 28.3 Å². The standard InChI is InChI=1S/C19H21Cl2N3O/c1-12-17(19(25)23-9-3-2-4-10-23)18(13-5-6-13)22-24(12)14-7-8-15(20)16(21)11-14/h7-8,11,13H,2-6,9-10H2,1H3. The van der Waals surface area contributed by atoms with E-state index in [1.165, 1.54) is 6.42 Å². The molecule has 0 N–H and O–H groups in total. The predicted octanol–water partition coefficient (Wildman–Crippen LogP) is 4.99. The zero-order valence-electron chi connectivity index (χ0n) is 14.3. The summed E-state index contributed by atoms with van der Waals surface area (Å²) >= 11 is 12.2. The van der Waals surface area contributed by atoms with Crippen LogP contribution in [-0.4, -0.2) is 33.7 Å². The summed E-state index contributed by atoms with van der Waals surface area (Å²) in [5.41, 5.74) is 3.46. The van der Waals surface area contributed by atoms with Gasteiger partial charge in [0, 0.05) is 19.0 Å². The second-order valence-electron chi connectivity index (χ2n) is 6.98. The Morgan fingerprint density at radius 1 is 1.12 bits per heavy atom. The molecule has 1 aliphatic carbocycles. The number of piperidine rings is 1. The molecule has 2 fully saturated rings. The Labute approximate surface area is 157 Å². The Bertz CT molecular complexity index is 820. The predicted molar refractivity (Wildman–Crippen MR) is 100 cm³/mol. The van der Waals surface area contributed by atoms with Crippen LogP contribution < -0.4 is 0 Å². The van der Waals surface area contributed by atoms with E-state index in [9.17, 15) is 4.79 Å².